The molecule has 2 rings (SSSR count). The Labute approximate surface area is 109 Å². The van der Waals surface area contributed by atoms with Gasteiger partial charge in [0.1, 0.15) is 5.82 Å². The highest BCUT2D eigenvalue weighted by molar-refractivity contribution is 5.48. The van der Waals surface area contributed by atoms with E-state index in [4.69, 9.17) is 10.5 Å². The Balaban J connectivity index is 2.21. The first-order chi connectivity index (χ1) is 8.58. The average Bonchev–Trinajstić information content (AvgIpc) is 2.38. The lowest BCUT2D eigenvalue weighted by molar-refractivity contribution is -0.00483. The number of aryl methyl sites for hydroxylation is 1. The van der Waals surface area contributed by atoms with Crippen molar-refractivity contribution in [2.24, 2.45) is 5.73 Å². The third-order valence-electron chi connectivity index (χ3n) is 3.79. The maximum absolute atomic E-state index is 5.64. The van der Waals surface area contributed by atoms with Gasteiger partial charge >= 0.3 is 0 Å². The normalized spacial score (nSPS) is 24.3. The van der Waals surface area contributed by atoms with E-state index < -0.39 is 0 Å². The van der Waals surface area contributed by atoms with Crippen LogP contribution in [0.3, 0.4) is 0 Å². The van der Waals surface area contributed by atoms with Crippen molar-refractivity contribution in [3.63, 3.8) is 0 Å². The van der Waals surface area contributed by atoms with Gasteiger partial charge in [-0.3, -0.25) is 0 Å². The molecule has 1 aromatic rings. The molecule has 1 atom stereocenters. The smallest absolute Gasteiger partial charge is 0.131 e. The van der Waals surface area contributed by atoms with Gasteiger partial charge in [0, 0.05) is 32.9 Å². The molecule has 18 heavy (non-hydrogen) atoms. The predicted octanol–water partition coefficient (Wildman–Crippen LogP) is 1.85. The molecule has 4 heteroatoms. The van der Waals surface area contributed by atoms with Gasteiger partial charge in [-0.05, 0) is 43.9 Å². The number of hydrogen-bond acceptors (Lipinski definition) is 4. The van der Waals surface area contributed by atoms with Crippen LogP contribution in [0.5, 0.6) is 0 Å². The molecule has 0 saturated carbocycles. The summed E-state index contributed by atoms with van der Waals surface area (Å²) in [6.45, 7) is 6.76. The number of pyridine rings is 1. The Morgan fingerprint density at radius 3 is 2.94 bits per heavy atom. The Morgan fingerprint density at radius 2 is 2.33 bits per heavy atom. The minimum absolute atomic E-state index is 0.0566. The lowest BCUT2D eigenvalue weighted by Crippen LogP contribution is -2.48. The number of anilines is 1. The van der Waals surface area contributed by atoms with Crippen LogP contribution >= 0.6 is 0 Å². The summed E-state index contributed by atoms with van der Waals surface area (Å²) in [5, 5.41) is 0. The van der Waals surface area contributed by atoms with Crippen LogP contribution in [0, 0.1) is 6.92 Å². The lowest BCUT2D eigenvalue weighted by Gasteiger charge is -2.40. The molecule has 0 aromatic carbocycles. The van der Waals surface area contributed by atoms with Gasteiger partial charge < -0.3 is 15.4 Å². The van der Waals surface area contributed by atoms with E-state index in [2.05, 4.69) is 29.8 Å². The van der Waals surface area contributed by atoms with Crippen molar-refractivity contribution >= 4 is 5.82 Å². The van der Waals surface area contributed by atoms with E-state index in [1.54, 1.807) is 7.11 Å². The predicted molar refractivity (Wildman–Crippen MR) is 73.7 cm³/mol. The van der Waals surface area contributed by atoms with Crippen LogP contribution in [-0.2, 0) is 11.3 Å². The van der Waals surface area contributed by atoms with Gasteiger partial charge in [-0.15, -0.1) is 0 Å². The zero-order chi connectivity index (χ0) is 13.2. The molecule has 0 aliphatic carbocycles. The second-order valence-corrected chi connectivity index (χ2v) is 5.37. The molecule has 1 fully saturated rings. The molecule has 0 radical (unpaired) electrons. The fourth-order valence-electron chi connectivity index (χ4n) is 2.62. The van der Waals surface area contributed by atoms with E-state index >= 15 is 0 Å². The third-order valence-corrected chi connectivity index (χ3v) is 3.79. The second kappa shape index (κ2) is 5.24. The van der Waals surface area contributed by atoms with Crippen molar-refractivity contribution in [1.29, 1.82) is 0 Å². The van der Waals surface area contributed by atoms with Crippen LogP contribution in [-0.4, -0.2) is 30.8 Å². The zero-order valence-electron chi connectivity index (χ0n) is 11.6. The van der Waals surface area contributed by atoms with Gasteiger partial charge in [-0.1, -0.05) is 0 Å². The van der Waals surface area contributed by atoms with Crippen molar-refractivity contribution in [2.45, 2.75) is 38.8 Å². The molecule has 100 valence electrons. The average molecular weight is 249 g/mol. The number of aromatic nitrogens is 1. The number of nitrogens with two attached hydrogens (primary N) is 1. The van der Waals surface area contributed by atoms with E-state index in [0.29, 0.717) is 6.54 Å². The van der Waals surface area contributed by atoms with Gasteiger partial charge in [-0.25, -0.2) is 4.98 Å². The molecule has 1 aliphatic rings. The molecular weight excluding hydrogens is 226 g/mol. The summed E-state index contributed by atoms with van der Waals surface area (Å²) in [7, 11) is 1.79. The van der Waals surface area contributed by atoms with E-state index in [9.17, 15) is 0 Å². The summed E-state index contributed by atoms with van der Waals surface area (Å²) < 4.78 is 5.63. The number of methoxy groups -OCH3 is 1. The van der Waals surface area contributed by atoms with E-state index in [1.807, 2.05) is 6.20 Å². The van der Waals surface area contributed by atoms with Crippen LogP contribution < -0.4 is 10.6 Å². The summed E-state index contributed by atoms with van der Waals surface area (Å²) in [5.41, 5.74) is 7.86. The molecule has 1 saturated heterocycles. The van der Waals surface area contributed by atoms with Crippen LogP contribution in [0.25, 0.3) is 0 Å². The molecule has 0 amide bonds. The fraction of sp³-hybridized carbons (Fsp3) is 0.643. The molecule has 1 unspecified atom stereocenters. The Hall–Kier alpha value is -1.13. The number of ether oxygens (including phenoxy) is 1. The highest BCUT2D eigenvalue weighted by Gasteiger charge is 2.31. The number of hydrogen-bond donors (Lipinski definition) is 1. The van der Waals surface area contributed by atoms with E-state index in [0.717, 1.165) is 37.3 Å². The number of piperidine rings is 1. The Morgan fingerprint density at radius 1 is 1.56 bits per heavy atom. The third kappa shape index (κ3) is 2.65. The summed E-state index contributed by atoms with van der Waals surface area (Å²) in [6.07, 6.45) is 4.13. The summed E-state index contributed by atoms with van der Waals surface area (Å²) >= 11 is 0. The van der Waals surface area contributed by atoms with Gasteiger partial charge in [0.25, 0.3) is 0 Å². The fourth-order valence-corrected chi connectivity index (χ4v) is 2.62. The van der Waals surface area contributed by atoms with Crippen LogP contribution in [0.15, 0.2) is 12.3 Å². The summed E-state index contributed by atoms with van der Waals surface area (Å²) in [5.74, 6) is 1.06. The molecule has 1 aliphatic heterocycles. The number of nitrogens with zero attached hydrogens (tertiary/aromatic N) is 2. The number of rotatable bonds is 3. The zero-order valence-corrected chi connectivity index (χ0v) is 11.6. The van der Waals surface area contributed by atoms with Crippen LogP contribution in [0.4, 0.5) is 5.82 Å². The van der Waals surface area contributed by atoms with Crippen molar-refractivity contribution in [1.82, 2.24) is 4.98 Å². The topological polar surface area (TPSA) is 51.4 Å². The van der Waals surface area contributed by atoms with Gasteiger partial charge in [0.15, 0.2) is 0 Å². The maximum atomic E-state index is 5.64. The standard InChI is InChI=1S/C14H23N3O/c1-11-7-12(8-15)9-16-13(11)17-6-4-5-14(2,10-17)18-3/h7,9H,4-6,8,10,15H2,1-3H3. The van der Waals surface area contributed by atoms with Gasteiger partial charge in [-0.2, -0.15) is 0 Å². The molecule has 1 aromatic heterocycles. The first-order valence-corrected chi connectivity index (χ1v) is 6.54. The van der Waals surface area contributed by atoms with E-state index in [-0.39, 0.29) is 5.60 Å². The second-order valence-electron chi connectivity index (χ2n) is 5.37. The maximum Gasteiger partial charge on any atom is 0.131 e. The Bertz CT molecular complexity index is 422. The van der Waals surface area contributed by atoms with Crippen LogP contribution in [0.1, 0.15) is 30.9 Å². The largest absolute Gasteiger partial charge is 0.377 e. The monoisotopic (exact) mass is 249 g/mol. The van der Waals surface area contributed by atoms with Gasteiger partial charge in [0.05, 0.1) is 5.60 Å². The minimum Gasteiger partial charge on any atom is -0.377 e. The quantitative estimate of drug-likeness (QED) is 0.888. The molecule has 4 nitrogen and oxygen atoms in total. The van der Waals surface area contributed by atoms with Crippen molar-refractivity contribution < 1.29 is 4.74 Å². The lowest BCUT2D eigenvalue weighted by atomic mass is 9.94. The molecular formula is C14H23N3O. The minimum atomic E-state index is -0.0566. The molecule has 2 heterocycles. The Kier molecular flexibility index (Phi) is 3.88. The van der Waals surface area contributed by atoms with Crippen molar-refractivity contribution in [3.05, 3.63) is 23.4 Å². The van der Waals surface area contributed by atoms with Crippen molar-refractivity contribution in [3.8, 4) is 0 Å². The van der Waals surface area contributed by atoms with Crippen LogP contribution in [0.2, 0.25) is 0 Å². The first kappa shape index (κ1) is 13.3. The molecule has 0 spiro atoms. The van der Waals surface area contributed by atoms with Crippen molar-refractivity contribution in [2.75, 3.05) is 25.1 Å². The van der Waals surface area contributed by atoms with E-state index in [1.165, 1.54) is 5.56 Å². The highest BCUT2D eigenvalue weighted by Crippen LogP contribution is 2.28. The first-order valence-electron chi connectivity index (χ1n) is 6.54. The highest BCUT2D eigenvalue weighted by atomic mass is 16.5. The molecule has 0 bridgehead atoms. The molecule has 2 N–H and O–H groups in total. The summed E-state index contributed by atoms with van der Waals surface area (Å²) in [4.78, 5) is 6.89. The SMILES string of the molecule is COC1(C)CCCN(c2ncc(CN)cc2C)C1. The van der Waals surface area contributed by atoms with Gasteiger partial charge in [0.2, 0.25) is 0 Å². The summed E-state index contributed by atoms with van der Waals surface area (Å²) in [6, 6.07) is 2.13.